The number of thiophene rings is 1. The van der Waals surface area contributed by atoms with Crippen LogP contribution < -0.4 is 0 Å². The number of benzene rings is 3. The molecule has 1 nitrogen and oxygen atoms in total. The highest BCUT2D eigenvalue weighted by Gasteiger charge is 2.16. The standard InChI is InChI=1S/C22H15ClOS/c23-20-11-6-10-16(19-14-25-22-12-5-4-9-17(19)22)18(20)13-21(24)15-7-2-1-3-8-15/h1-12,14H,13H2. The Morgan fingerprint density at radius 3 is 2.44 bits per heavy atom. The van der Waals surface area contributed by atoms with Crippen LogP contribution >= 0.6 is 22.9 Å². The van der Waals surface area contributed by atoms with Gasteiger partial charge in [-0.25, -0.2) is 0 Å². The summed E-state index contributed by atoms with van der Waals surface area (Å²) in [5.74, 6) is 0.0782. The van der Waals surface area contributed by atoms with E-state index in [0.717, 1.165) is 16.7 Å². The van der Waals surface area contributed by atoms with Crippen molar-refractivity contribution in [3.8, 4) is 11.1 Å². The molecule has 0 spiro atoms. The maximum absolute atomic E-state index is 12.7. The third-order valence-electron chi connectivity index (χ3n) is 4.32. The van der Waals surface area contributed by atoms with Crippen molar-refractivity contribution >= 4 is 38.8 Å². The van der Waals surface area contributed by atoms with E-state index in [1.54, 1.807) is 11.3 Å². The lowest BCUT2D eigenvalue weighted by molar-refractivity contribution is 0.0993. The van der Waals surface area contributed by atoms with Crippen LogP contribution in [-0.4, -0.2) is 5.78 Å². The van der Waals surface area contributed by atoms with Gasteiger partial charge in [0.2, 0.25) is 0 Å². The predicted molar refractivity (Wildman–Crippen MR) is 107 cm³/mol. The molecule has 0 atom stereocenters. The van der Waals surface area contributed by atoms with Crippen molar-refractivity contribution in [2.24, 2.45) is 0 Å². The first-order valence-corrected chi connectivity index (χ1v) is 9.32. The predicted octanol–water partition coefficient (Wildman–Crippen LogP) is 6.65. The second-order valence-corrected chi connectivity index (χ2v) is 7.20. The van der Waals surface area contributed by atoms with Crippen LogP contribution in [0.3, 0.4) is 0 Å². The highest BCUT2D eigenvalue weighted by molar-refractivity contribution is 7.17. The lowest BCUT2D eigenvalue weighted by Gasteiger charge is -2.11. The summed E-state index contributed by atoms with van der Waals surface area (Å²) in [6.45, 7) is 0. The zero-order valence-corrected chi connectivity index (χ0v) is 15.0. The van der Waals surface area contributed by atoms with Crippen molar-refractivity contribution < 1.29 is 4.79 Å². The third-order valence-corrected chi connectivity index (χ3v) is 5.64. The van der Waals surface area contributed by atoms with E-state index in [0.29, 0.717) is 17.0 Å². The summed E-state index contributed by atoms with van der Waals surface area (Å²) in [5.41, 5.74) is 3.78. The molecular formula is C22H15ClOS. The first kappa shape index (κ1) is 16.1. The molecule has 0 N–H and O–H groups in total. The van der Waals surface area contributed by atoms with E-state index in [4.69, 9.17) is 11.6 Å². The zero-order valence-electron chi connectivity index (χ0n) is 13.4. The number of fused-ring (bicyclic) bond motifs is 1. The quantitative estimate of drug-likeness (QED) is 0.371. The third kappa shape index (κ3) is 3.11. The number of halogens is 1. The van der Waals surface area contributed by atoms with Crippen molar-refractivity contribution in [2.75, 3.05) is 0 Å². The van der Waals surface area contributed by atoms with Crippen LogP contribution in [0.4, 0.5) is 0 Å². The molecule has 3 aromatic carbocycles. The molecule has 0 aliphatic carbocycles. The molecule has 1 heterocycles. The van der Waals surface area contributed by atoms with Crippen molar-refractivity contribution in [2.45, 2.75) is 6.42 Å². The van der Waals surface area contributed by atoms with Crippen LogP contribution in [0.15, 0.2) is 78.2 Å². The van der Waals surface area contributed by atoms with E-state index < -0.39 is 0 Å². The van der Waals surface area contributed by atoms with E-state index in [9.17, 15) is 4.79 Å². The van der Waals surface area contributed by atoms with Crippen LogP contribution in [0.25, 0.3) is 21.2 Å². The minimum atomic E-state index is 0.0782. The molecule has 0 bridgehead atoms. The van der Waals surface area contributed by atoms with Gasteiger partial charge in [0.15, 0.2) is 5.78 Å². The van der Waals surface area contributed by atoms with Crippen LogP contribution in [0.1, 0.15) is 15.9 Å². The van der Waals surface area contributed by atoms with Gasteiger partial charge in [-0.15, -0.1) is 11.3 Å². The average Bonchev–Trinajstić information content (AvgIpc) is 3.08. The van der Waals surface area contributed by atoms with Gasteiger partial charge in [-0.1, -0.05) is 72.3 Å². The fourth-order valence-electron chi connectivity index (χ4n) is 3.06. The summed E-state index contributed by atoms with van der Waals surface area (Å²) in [5, 5.41) is 3.98. The number of hydrogen-bond donors (Lipinski definition) is 0. The molecule has 1 aromatic heterocycles. The number of rotatable bonds is 4. The van der Waals surface area contributed by atoms with Gasteiger partial charge in [0.05, 0.1) is 0 Å². The highest BCUT2D eigenvalue weighted by Crippen LogP contribution is 2.38. The minimum Gasteiger partial charge on any atom is -0.294 e. The topological polar surface area (TPSA) is 17.1 Å². The van der Waals surface area contributed by atoms with Crippen LogP contribution in [0.5, 0.6) is 0 Å². The molecule has 0 saturated carbocycles. The highest BCUT2D eigenvalue weighted by atomic mass is 35.5. The molecular weight excluding hydrogens is 348 g/mol. The molecule has 0 saturated heterocycles. The Balaban J connectivity index is 1.80. The number of carbonyl (C=O) groups excluding carboxylic acids is 1. The largest absolute Gasteiger partial charge is 0.294 e. The van der Waals surface area contributed by atoms with E-state index in [1.165, 1.54) is 10.1 Å². The lowest BCUT2D eigenvalue weighted by Crippen LogP contribution is -2.05. The first-order valence-electron chi connectivity index (χ1n) is 8.06. The van der Waals surface area contributed by atoms with Gasteiger partial charge >= 0.3 is 0 Å². The molecule has 0 aliphatic rings. The zero-order chi connectivity index (χ0) is 17.2. The Bertz CT molecular complexity index is 1050. The molecule has 4 rings (SSSR count). The molecule has 0 unspecified atom stereocenters. The first-order chi connectivity index (χ1) is 12.2. The van der Waals surface area contributed by atoms with Gasteiger partial charge < -0.3 is 0 Å². The molecule has 0 aliphatic heterocycles. The second kappa shape index (κ2) is 6.83. The summed E-state index contributed by atoms with van der Waals surface area (Å²) in [7, 11) is 0. The fourth-order valence-corrected chi connectivity index (χ4v) is 4.27. The van der Waals surface area contributed by atoms with E-state index in [-0.39, 0.29) is 5.78 Å². The average molecular weight is 363 g/mol. The molecule has 25 heavy (non-hydrogen) atoms. The van der Waals surface area contributed by atoms with E-state index >= 15 is 0 Å². The van der Waals surface area contributed by atoms with Crippen molar-refractivity contribution in [3.63, 3.8) is 0 Å². The summed E-state index contributed by atoms with van der Waals surface area (Å²) in [6, 6.07) is 23.5. The number of ketones is 1. The summed E-state index contributed by atoms with van der Waals surface area (Å²) in [6.07, 6.45) is 0.295. The van der Waals surface area contributed by atoms with Gasteiger partial charge in [-0.2, -0.15) is 0 Å². The Morgan fingerprint density at radius 1 is 0.840 bits per heavy atom. The van der Waals surface area contributed by atoms with Crippen molar-refractivity contribution in [1.29, 1.82) is 0 Å². The molecule has 0 amide bonds. The van der Waals surface area contributed by atoms with E-state index in [1.807, 2.05) is 60.7 Å². The van der Waals surface area contributed by atoms with Crippen LogP contribution in [-0.2, 0) is 6.42 Å². The number of hydrogen-bond acceptors (Lipinski definition) is 2. The van der Waals surface area contributed by atoms with Gasteiger partial charge in [0, 0.05) is 32.7 Å². The molecule has 122 valence electrons. The minimum absolute atomic E-state index is 0.0782. The van der Waals surface area contributed by atoms with Crippen LogP contribution in [0.2, 0.25) is 5.02 Å². The maximum atomic E-state index is 12.7. The normalized spacial score (nSPS) is 10.9. The Hall–Kier alpha value is -2.42. The molecule has 0 fully saturated rings. The summed E-state index contributed by atoms with van der Waals surface area (Å²) >= 11 is 8.19. The smallest absolute Gasteiger partial charge is 0.167 e. The maximum Gasteiger partial charge on any atom is 0.167 e. The van der Waals surface area contributed by atoms with Crippen LogP contribution in [0, 0.1) is 0 Å². The van der Waals surface area contributed by atoms with Crippen molar-refractivity contribution in [1.82, 2.24) is 0 Å². The van der Waals surface area contributed by atoms with Gasteiger partial charge in [-0.3, -0.25) is 4.79 Å². The molecule has 0 radical (unpaired) electrons. The van der Waals surface area contributed by atoms with Gasteiger partial charge in [0.1, 0.15) is 0 Å². The number of Topliss-reactive ketones (excluding diaryl/α,β-unsaturated/α-hetero) is 1. The lowest BCUT2D eigenvalue weighted by atomic mass is 9.94. The Morgan fingerprint density at radius 2 is 1.60 bits per heavy atom. The molecule has 3 heteroatoms. The monoisotopic (exact) mass is 362 g/mol. The molecule has 4 aromatic rings. The fraction of sp³-hybridized carbons (Fsp3) is 0.0455. The van der Waals surface area contributed by atoms with E-state index in [2.05, 4.69) is 17.5 Å². The SMILES string of the molecule is O=C(Cc1c(Cl)cccc1-c1csc2ccccc12)c1ccccc1. The Kier molecular flexibility index (Phi) is 4.39. The Labute approximate surface area is 155 Å². The van der Waals surface area contributed by atoms with Crippen molar-refractivity contribution in [3.05, 3.63) is 94.3 Å². The number of carbonyl (C=O) groups is 1. The summed E-state index contributed by atoms with van der Waals surface area (Å²) in [4.78, 5) is 12.7. The van der Waals surface area contributed by atoms with Gasteiger partial charge in [-0.05, 0) is 28.6 Å². The summed E-state index contributed by atoms with van der Waals surface area (Å²) < 4.78 is 1.23. The second-order valence-electron chi connectivity index (χ2n) is 5.88. The van der Waals surface area contributed by atoms with Gasteiger partial charge in [0.25, 0.3) is 0 Å².